The van der Waals surface area contributed by atoms with Gasteiger partial charge in [0.2, 0.25) is 0 Å². The first-order chi connectivity index (χ1) is 7.70. The molecular weight excluding hydrogens is 218 g/mol. The summed E-state index contributed by atoms with van der Waals surface area (Å²) in [6.07, 6.45) is 2.72. The van der Waals surface area contributed by atoms with Crippen molar-refractivity contribution in [3.63, 3.8) is 0 Å². The molecule has 2 aromatic heterocycles. The Morgan fingerprint density at radius 1 is 1.38 bits per heavy atom. The second kappa shape index (κ2) is 4.72. The molecule has 0 spiro atoms. The minimum atomic E-state index is 0.642. The van der Waals surface area contributed by atoms with E-state index >= 15 is 0 Å². The number of pyridine rings is 1. The summed E-state index contributed by atoms with van der Waals surface area (Å²) in [5.74, 6) is 0. The summed E-state index contributed by atoms with van der Waals surface area (Å²) >= 11 is 1.63. The standard InChI is InChI=1S/C12H15N3S/c1-8-5-9(2)11(14-6-8)12-15-10(3-4-13)7-16-12/h5-7H,3-4,13H2,1-2H3. The van der Waals surface area contributed by atoms with Crippen molar-refractivity contribution >= 4 is 11.3 Å². The molecule has 4 heteroatoms. The highest BCUT2D eigenvalue weighted by atomic mass is 32.1. The average molecular weight is 233 g/mol. The average Bonchev–Trinajstić information content (AvgIpc) is 2.67. The van der Waals surface area contributed by atoms with E-state index in [1.165, 1.54) is 11.1 Å². The van der Waals surface area contributed by atoms with Crippen molar-refractivity contribution in [2.45, 2.75) is 20.3 Å². The first kappa shape index (κ1) is 11.2. The molecule has 0 amide bonds. The number of aryl methyl sites for hydroxylation is 2. The van der Waals surface area contributed by atoms with Crippen molar-refractivity contribution in [2.24, 2.45) is 5.73 Å². The topological polar surface area (TPSA) is 51.8 Å². The maximum absolute atomic E-state index is 5.51. The molecule has 3 nitrogen and oxygen atoms in total. The molecule has 2 N–H and O–H groups in total. The van der Waals surface area contributed by atoms with Crippen molar-refractivity contribution in [1.29, 1.82) is 0 Å². The second-order valence-electron chi connectivity index (χ2n) is 3.86. The smallest absolute Gasteiger partial charge is 0.142 e. The molecule has 0 bridgehead atoms. The molecule has 0 atom stereocenters. The second-order valence-corrected chi connectivity index (χ2v) is 4.72. The summed E-state index contributed by atoms with van der Waals surface area (Å²) in [6, 6.07) is 2.13. The van der Waals surface area contributed by atoms with Gasteiger partial charge in [-0.1, -0.05) is 6.07 Å². The summed E-state index contributed by atoms with van der Waals surface area (Å²) in [5.41, 5.74) is 9.91. The van der Waals surface area contributed by atoms with Crippen LogP contribution in [-0.2, 0) is 6.42 Å². The largest absolute Gasteiger partial charge is 0.330 e. The molecule has 0 aliphatic rings. The zero-order valence-corrected chi connectivity index (χ0v) is 10.3. The highest BCUT2D eigenvalue weighted by Crippen LogP contribution is 2.25. The molecule has 0 saturated carbocycles. The van der Waals surface area contributed by atoms with Gasteiger partial charge in [0.05, 0.1) is 5.69 Å². The van der Waals surface area contributed by atoms with Crippen molar-refractivity contribution in [1.82, 2.24) is 9.97 Å². The quantitative estimate of drug-likeness (QED) is 0.885. The molecule has 16 heavy (non-hydrogen) atoms. The van der Waals surface area contributed by atoms with E-state index in [-0.39, 0.29) is 0 Å². The Balaban J connectivity index is 2.35. The molecule has 0 aromatic carbocycles. The number of hydrogen-bond acceptors (Lipinski definition) is 4. The predicted octanol–water partition coefficient (Wildman–Crippen LogP) is 2.32. The Labute approximate surface area is 99.4 Å². The van der Waals surface area contributed by atoms with Gasteiger partial charge in [0.15, 0.2) is 0 Å². The SMILES string of the molecule is Cc1cnc(-c2nc(CCN)cs2)c(C)c1. The zero-order chi connectivity index (χ0) is 11.5. The van der Waals surface area contributed by atoms with Crippen LogP contribution in [0.15, 0.2) is 17.6 Å². The fraction of sp³-hybridized carbons (Fsp3) is 0.333. The molecular formula is C12H15N3S. The number of aromatic nitrogens is 2. The van der Waals surface area contributed by atoms with Crippen LogP contribution in [0.2, 0.25) is 0 Å². The number of nitrogens with zero attached hydrogens (tertiary/aromatic N) is 2. The summed E-state index contributed by atoms with van der Waals surface area (Å²) < 4.78 is 0. The molecule has 2 rings (SSSR count). The van der Waals surface area contributed by atoms with Gasteiger partial charge < -0.3 is 5.73 Å². The first-order valence-corrected chi connectivity index (χ1v) is 6.17. The molecule has 84 valence electrons. The highest BCUT2D eigenvalue weighted by molar-refractivity contribution is 7.13. The van der Waals surface area contributed by atoms with Gasteiger partial charge in [-0.3, -0.25) is 4.98 Å². The van der Waals surface area contributed by atoms with E-state index < -0.39 is 0 Å². The molecule has 0 radical (unpaired) electrons. The van der Waals surface area contributed by atoms with E-state index in [0.29, 0.717) is 6.54 Å². The lowest BCUT2D eigenvalue weighted by Gasteiger charge is -2.01. The summed E-state index contributed by atoms with van der Waals surface area (Å²) in [5, 5.41) is 3.05. The highest BCUT2D eigenvalue weighted by Gasteiger charge is 2.08. The normalized spacial score (nSPS) is 10.7. The third-order valence-electron chi connectivity index (χ3n) is 2.37. The van der Waals surface area contributed by atoms with Gasteiger partial charge >= 0.3 is 0 Å². The summed E-state index contributed by atoms with van der Waals surface area (Å²) in [7, 11) is 0. The molecule has 0 fully saturated rings. The van der Waals surface area contributed by atoms with Crippen molar-refractivity contribution in [3.05, 3.63) is 34.5 Å². The fourth-order valence-electron chi connectivity index (χ4n) is 1.62. The van der Waals surface area contributed by atoms with Crippen molar-refractivity contribution in [2.75, 3.05) is 6.54 Å². The maximum atomic E-state index is 5.51. The maximum Gasteiger partial charge on any atom is 0.142 e. The van der Waals surface area contributed by atoms with Crippen LogP contribution in [-0.4, -0.2) is 16.5 Å². The Morgan fingerprint density at radius 2 is 2.19 bits per heavy atom. The molecule has 0 saturated heterocycles. The molecule has 0 aliphatic carbocycles. The van der Waals surface area contributed by atoms with Crippen LogP contribution in [0.3, 0.4) is 0 Å². The van der Waals surface area contributed by atoms with Gasteiger partial charge in [-0.2, -0.15) is 0 Å². The lowest BCUT2D eigenvalue weighted by Crippen LogP contribution is -2.02. The lowest BCUT2D eigenvalue weighted by atomic mass is 10.2. The fourth-order valence-corrected chi connectivity index (χ4v) is 2.53. The van der Waals surface area contributed by atoms with Crippen LogP contribution >= 0.6 is 11.3 Å². The van der Waals surface area contributed by atoms with Crippen LogP contribution < -0.4 is 5.73 Å². The van der Waals surface area contributed by atoms with Crippen LogP contribution in [0.4, 0.5) is 0 Å². The van der Waals surface area contributed by atoms with Crippen LogP contribution in [0.1, 0.15) is 16.8 Å². The van der Waals surface area contributed by atoms with Crippen molar-refractivity contribution < 1.29 is 0 Å². The minimum Gasteiger partial charge on any atom is -0.330 e. The third-order valence-corrected chi connectivity index (χ3v) is 3.27. The van der Waals surface area contributed by atoms with Gasteiger partial charge in [0, 0.05) is 18.0 Å². The number of hydrogen-bond donors (Lipinski definition) is 1. The Bertz CT molecular complexity index is 491. The number of rotatable bonds is 3. The van der Waals surface area contributed by atoms with Gasteiger partial charge in [-0.15, -0.1) is 11.3 Å². The predicted molar refractivity (Wildman–Crippen MR) is 67.6 cm³/mol. The van der Waals surface area contributed by atoms with E-state index in [9.17, 15) is 0 Å². The van der Waals surface area contributed by atoms with Crippen LogP contribution in [0.25, 0.3) is 10.7 Å². The van der Waals surface area contributed by atoms with Gasteiger partial charge in [0.1, 0.15) is 10.7 Å². The van der Waals surface area contributed by atoms with E-state index in [0.717, 1.165) is 22.8 Å². The molecule has 2 aromatic rings. The third kappa shape index (κ3) is 2.28. The van der Waals surface area contributed by atoms with E-state index in [4.69, 9.17) is 5.73 Å². The van der Waals surface area contributed by atoms with Gasteiger partial charge in [-0.25, -0.2) is 4.98 Å². The van der Waals surface area contributed by atoms with Gasteiger partial charge in [0.25, 0.3) is 0 Å². The lowest BCUT2D eigenvalue weighted by molar-refractivity contribution is 0.935. The summed E-state index contributed by atoms with van der Waals surface area (Å²) in [6.45, 7) is 4.76. The molecule has 2 heterocycles. The van der Waals surface area contributed by atoms with Crippen LogP contribution in [0, 0.1) is 13.8 Å². The first-order valence-electron chi connectivity index (χ1n) is 5.29. The van der Waals surface area contributed by atoms with Gasteiger partial charge in [-0.05, 0) is 31.5 Å². The van der Waals surface area contributed by atoms with E-state index in [1.807, 2.05) is 13.1 Å². The van der Waals surface area contributed by atoms with Crippen LogP contribution in [0.5, 0.6) is 0 Å². The molecule has 0 unspecified atom stereocenters. The van der Waals surface area contributed by atoms with E-state index in [1.54, 1.807) is 11.3 Å². The molecule has 0 aliphatic heterocycles. The Morgan fingerprint density at radius 3 is 2.88 bits per heavy atom. The van der Waals surface area contributed by atoms with E-state index in [2.05, 4.69) is 28.3 Å². The number of nitrogens with two attached hydrogens (primary N) is 1. The van der Waals surface area contributed by atoms with Crippen molar-refractivity contribution in [3.8, 4) is 10.7 Å². The Hall–Kier alpha value is -1.26. The summed E-state index contributed by atoms with van der Waals surface area (Å²) in [4.78, 5) is 8.97. The monoisotopic (exact) mass is 233 g/mol. The Kier molecular flexibility index (Phi) is 3.31. The number of thiazole rings is 1. The zero-order valence-electron chi connectivity index (χ0n) is 9.53. The minimum absolute atomic E-state index is 0.642.